The third-order valence-electron chi connectivity index (χ3n) is 8.88. The zero-order valence-electron chi connectivity index (χ0n) is 27.8. The number of aliphatic hydroxyl groups is 1. The molecule has 0 spiro atoms. The normalized spacial score (nSPS) is 15.3. The van der Waals surface area contributed by atoms with E-state index in [4.69, 9.17) is 32.7 Å². The van der Waals surface area contributed by atoms with Gasteiger partial charge in [0.1, 0.15) is 18.0 Å². The summed E-state index contributed by atoms with van der Waals surface area (Å²) < 4.78 is 53.1. The van der Waals surface area contributed by atoms with Gasteiger partial charge in [0.25, 0.3) is 0 Å². The number of likely N-dealkylation sites (tertiary alicyclic amines) is 1. The lowest BCUT2D eigenvalue weighted by atomic mass is 9.95. The average molecular weight is 745 g/mol. The van der Waals surface area contributed by atoms with E-state index in [2.05, 4.69) is 15.0 Å². The number of methoxy groups -OCH3 is 1. The van der Waals surface area contributed by atoms with E-state index in [1.165, 1.54) is 14.0 Å². The molecule has 0 aliphatic carbocycles. The summed E-state index contributed by atoms with van der Waals surface area (Å²) in [7, 11) is 1.50. The first-order valence-corrected chi connectivity index (χ1v) is 16.9. The van der Waals surface area contributed by atoms with Crippen molar-refractivity contribution in [3.8, 4) is 28.3 Å². The highest BCUT2D eigenvalue weighted by Crippen LogP contribution is 2.41. The van der Waals surface area contributed by atoms with Crippen LogP contribution < -0.4 is 4.74 Å². The standard InChI is InChI=1S/C36H34Cl2F3N5O5/c1-20(47)51-12-11-45-10-9-25-27(36(39,40)41)14-28(43-30(25)18-45)32(49)13-21-5-3-6-23(33(21)37)24-7-4-8-26(34(24)38)29-15-42-31(35(44-29)50-2)19-46-16-22(48)17-46/h3-8,14-15,22,48H,9-13,16-19H2,1-2H3. The second-order valence-electron chi connectivity index (χ2n) is 12.4. The van der Waals surface area contributed by atoms with Crippen LogP contribution in [0.25, 0.3) is 22.4 Å². The minimum atomic E-state index is -4.69. The smallest absolute Gasteiger partial charge is 0.416 e. The number of aromatic nitrogens is 3. The van der Waals surface area contributed by atoms with Crippen LogP contribution in [0.2, 0.25) is 10.0 Å². The number of Topliss-reactive ketones (excluding diaryl/α,β-unsaturated/α-hetero) is 1. The second kappa shape index (κ2) is 15.2. The molecule has 2 aliphatic heterocycles. The molecule has 1 fully saturated rings. The van der Waals surface area contributed by atoms with Gasteiger partial charge >= 0.3 is 12.1 Å². The monoisotopic (exact) mass is 743 g/mol. The number of hydrogen-bond donors (Lipinski definition) is 1. The van der Waals surface area contributed by atoms with Crippen molar-refractivity contribution in [1.82, 2.24) is 24.8 Å². The maximum atomic E-state index is 14.2. The predicted octanol–water partition coefficient (Wildman–Crippen LogP) is 6.06. The number of ether oxygens (including phenoxy) is 2. The van der Waals surface area contributed by atoms with Gasteiger partial charge in [0.2, 0.25) is 5.88 Å². The lowest BCUT2D eigenvalue weighted by Crippen LogP contribution is -2.50. The van der Waals surface area contributed by atoms with E-state index in [0.29, 0.717) is 77.3 Å². The van der Waals surface area contributed by atoms with Crippen LogP contribution in [0.1, 0.15) is 45.5 Å². The summed E-state index contributed by atoms with van der Waals surface area (Å²) in [5.41, 5.74) is 2.11. The van der Waals surface area contributed by atoms with Crippen LogP contribution in [-0.4, -0.2) is 87.6 Å². The van der Waals surface area contributed by atoms with Crippen molar-refractivity contribution in [3.63, 3.8) is 0 Å². The molecule has 0 atom stereocenters. The van der Waals surface area contributed by atoms with Crippen molar-refractivity contribution < 1.29 is 37.3 Å². The van der Waals surface area contributed by atoms with E-state index >= 15 is 0 Å². The lowest BCUT2D eigenvalue weighted by Gasteiger charge is -2.35. The van der Waals surface area contributed by atoms with E-state index < -0.39 is 23.5 Å². The molecule has 2 aliphatic rings. The zero-order valence-corrected chi connectivity index (χ0v) is 29.3. The molecule has 0 bridgehead atoms. The predicted molar refractivity (Wildman–Crippen MR) is 184 cm³/mol. The Balaban J connectivity index is 1.26. The van der Waals surface area contributed by atoms with Crippen molar-refractivity contribution in [1.29, 1.82) is 0 Å². The number of carbonyl (C=O) groups is 2. The van der Waals surface area contributed by atoms with Crippen molar-refractivity contribution in [3.05, 3.63) is 92.5 Å². The number of carbonyl (C=O) groups excluding carboxylic acids is 2. The SMILES string of the molecule is COc1nc(-c2cccc(-c3cccc(CC(=O)c4cc(C(F)(F)F)c5c(n4)CN(CCOC(C)=O)CC5)c3Cl)c2Cl)cnc1CN1CC(O)C1. The van der Waals surface area contributed by atoms with Gasteiger partial charge in [-0.1, -0.05) is 59.6 Å². The van der Waals surface area contributed by atoms with Gasteiger partial charge in [-0.3, -0.25) is 24.4 Å². The molecule has 268 valence electrons. The number of β-amino-alcohol motifs (C(OH)–C–C–N with tert-alkyl or cyclic N) is 1. The first-order chi connectivity index (χ1) is 24.3. The molecule has 0 amide bonds. The third-order valence-corrected chi connectivity index (χ3v) is 9.73. The van der Waals surface area contributed by atoms with E-state index in [-0.39, 0.29) is 54.1 Å². The Hall–Kier alpha value is -4.14. The Morgan fingerprint density at radius 2 is 1.73 bits per heavy atom. The number of rotatable bonds is 11. The molecule has 6 rings (SSSR count). The topological polar surface area (TPSA) is 118 Å². The van der Waals surface area contributed by atoms with Crippen LogP contribution >= 0.6 is 23.2 Å². The fourth-order valence-corrected chi connectivity index (χ4v) is 6.93. The van der Waals surface area contributed by atoms with Crippen LogP contribution in [0.15, 0.2) is 48.7 Å². The number of benzene rings is 2. The highest BCUT2D eigenvalue weighted by Gasteiger charge is 2.37. The van der Waals surface area contributed by atoms with Crippen LogP contribution in [0, 0.1) is 0 Å². The molecular formula is C36H34Cl2F3N5O5. The van der Waals surface area contributed by atoms with Crippen molar-refractivity contribution in [2.24, 2.45) is 0 Å². The molecule has 15 heteroatoms. The number of pyridine rings is 1. The van der Waals surface area contributed by atoms with E-state index in [0.717, 1.165) is 6.07 Å². The average Bonchev–Trinajstić information content (AvgIpc) is 3.07. The molecule has 2 aromatic carbocycles. The number of aliphatic hydroxyl groups excluding tert-OH is 1. The van der Waals surface area contributed by atoms with Crippen molar-refractivity contribution in [2.45, 2.75) is 45.1 Å². The summed E-state index contributed by atoms with van der Waals surface area (Å²) in [5, 5.41) is 10.1. The Kier molecular flexibility index (Phi) is 10.9. The second-order valence-corrected chi connectivity index (χ2v) is 13.2. The molecule has 51 heavy (non-hydrogen) atoms. The summed E-state index contributed by atoms with van der Waals surface area (Å²) in [6.45, 7) is 3.66. The highest BCUT2D eigenvalue weighted by atomic mass is 35.5. The lowest BCUT2D eigenvalue weighted by molar-refractivity contribution is -0.142. The zero-order chi connectivity index (χ0) is 36.4. The van der Waals surface area contributed by atoms with Crippen LogP contribution in [0.3, 0.4) is 0 Å². The Morgan fingerprint density at radius 1 is 1.02 bits per heavy atom. The minimum absolute atomic E-state index is 0.0604. The van der Waals surface area contributed by atoms with Crippen molar-refractivity contribution in [2.75, 3.05) is 39.9 Å². The number of alkyl halides is 3. The van der Waals surface area contributed by atoms with Crippen LogP contribution in [-0.2, 0) is 41.6 Å². The minimum Gasteiger partial charge on any atom is -0.480 e. The fourth-order valence-electron chi connectivity index (χ4n) is 6.31. The number of halogens is 5. The first kappa shape index (κ1) is 36.6. The van der Waals surface area contributed by atoms with Gasteiger partial charge in [-0.15, -0.1) is 0 Å². The number of esters is 1. The summed E-state index contributed by atoms with van der Waals surface area (Å²) in [6, 6.07) is 11.2. The Labute approximate surface area is 302 Å². The fraction of sp³-hybridized carbons (Fsp3) is 0.361. The Bertz CT molecular complexity index is 1970. The quantitative estimate of drug-likeness (QED) is 0.144. The summed E-state index contributed by atoms with van der Waals surface area (Å²) >= 11 is 13.8. The van der Waals surface area contributed by atoms with E-state index in [1.807, 2.05) is 9.80 Å². The molecule has 0 radical (unpaired) electrons. The molecule has 4 aromatic rings. The molecular weight excluding hydrogens is 710 g/mol. The van der Waals surface area contributed by atoms with Gasteiger partial charge in [-0.2, -0.15) is 13.2 Å². The molecule has 10 nitrogen and oxygen atoms in total. The number of hydrogen-bond acceptors (Lipinski definition) is 10. The first-order valence-electron chi connectivity index (χ1n) is 16.2. The maximum Gasteiger partial charge on any atom is 0.416 e. The van der Waals surface area contributed by atoms with Crippen molar-refractivity contribution >= 4 is 35.0 Å². The summed E-state index contributed by atoms with van der Waals surface area (Å²) in [5.74, 6) is -0.751. The van der Waals surface area contributed by atoms with Gasteiger partial charge in [-0.25, -0.2) is 9.97 Å². The van der Waals surface area contributed by atoms with Gasteiger partial charge < -0.3 is 14.6 Å². The van der Waals surface area contributed by atoms with E-state index in [1.54, 1.807) is 42.6 Å². The van der Waals surface area contributed by atoms with Gasteiger partial charge in [0.05, 0.1) is 46.4 Å². The largest absolute Gasteiger partial charge is 0.480 e. The molecule has 1 N–H and O–H groups in total. The number of nitrogens with zero attached hydrogens (tertiary/aromatic N) is 5. The molecule has 4 heterocycles. The van der Waals surface area contributed by atoms with Gasteiger partial charge in [-0.05, 0) is 23.6 Å². The van der Waals surface area contributed by atoms with Crippen LogP contribution in [0.5, 0.6) is 5.88 Å². The molecule has 0 unspecified atom stereocenters. The Morgan fingerprint density at radius 3 is 2.41 bits per heavy atom. The van der Waals surface area contributed by atoms with E-state index in [9.17, 15) is 27.9 Å². The molecule has 2 aromatic heterocycles. The maximum absolute atomic E-state index is 14.2. The summed E-state index contributed by atoms with van der Waals surface area (Å²) in [6.07, 6.45) is -3.66. The third kappa shape index (κ3) is 8.18. The highest BCUT2D eigenvalue weighted by molar-refractivity contribution is 6.38. The summed E-state index contributed by atoms with van der Waals surface area (Å²) in [4.78, 5) is 42.2. The molecule has 1 saturated heterocycles. The van der Waals surface area contributed by atoms with Gasteiger partial charge in [0.15, 0.2) is 5.78 Å². The van der Waals surface area contributed by atoms with Crippen LogP contribution in [0.4, 0.5) is 13.2 Å². The number of ketones is 1. The van der Waals surface area contributed by atoms with Gasteiger partial charge in [0, 0.05) is 69.3 Å². The molecule has 0 saturated carbocycles. The number of fused-ring (bicyclic) bond motifs is 1.